The first-order valence-electron chi connectivity index (χ1n) is 6.24. The van der Waals surface area contributed by atoms with Crippen molar-refractivity contribution in [3.05, 3.63) is 42.5 Å². The van der Waals surface area contributed by atoms with Crippen LogP contribution in [0.25, 0.3) is 22.3 Å². The molecule has 0 saturated heterocycles. The van der Waals surface area contributed by atoms with Gasteiger partial charge in [0.25, 0.3) is 0 Å². The Hall–Kier alpha value is -2.66. The van der Waals surface area contributed by atoms with E-state index in [0.29, 0.717) is 16.7 Å². The van der Waals surface area contributed by atoms with E-state index in [-0.39, 0.29) is 41.0 Å². The van der Waals surface area contributed by atoms with Gasteiger partial charge in [-0.3, -0.25) is 0 Å². The molecule has 5 nitrogen and oxygen atoms in total. The standard InChI is InChI=1S/C16H12O5.ClH/c1-20-11-4-2-9(3-5-11)16-14(19)8-12-13(18)6-10(17)7-15(12)21-16;/h2-8H,1H3,(H2-,17,18,19);1H. The van der Waals surface area contributed by atoms with Crippen molar-refractivity contribution < 1.29 is 36.9 Å². The highest BCUT2D eigenvalue weighted by Gasteiger charge is 2.23. The number of benzene rings is 2. The number of hydrogen-bond acceptors (Lipinski definition) is 4. The molecule has 1 aromatic heterocycles. The van der Waals surface area contributed by atoms with Crippen molar-refractivity contribution in [3.8, 4) is 34.3 Å². The largest absolute Gasteiger partial charge is 1.00 e. The number of hydrogen-bond donors (Lipinski definition) is 3. The van der Waals surface area contributed by atoms with Crippen molar-refractivity contribution >= 4 is 11.0 Å². The molecule has 0 atom stereocenters. The van der Waals surface area contributed by atoms with E-state index in [0.717, 1.165) is 0 Å². The third-order valence-electron chi connectivity index (χ3n) is 3.18. The molecule has 0 aliphatic rings. The summed E-state index contributed by atoms with van der Waals surface area (Å²) in [5.41, 5.74) is 0.925. The highest BCUT2D eigenvalue weighted by atomic mass is 35.5. The van der Waals surface area contributed by atoms with Crippen molar-refractivity contribution in [3.63, 3.8) is 0 Å². The van der Waals surface area contributed by atoms with E-state index >= 15 is 0 Å². The first-order chi connectivity index (χ1) is 10.1. The molecule has 3 N–H and O–H groups in total. The van der Waals surface area contributed by atoms with E-state index in [1.807, 2.05) is 0 Å². The van der Waals surface area contributed by atoms with E-state index in [4.69, 9.17) is 9.15 Å². The molecule has 114 valence electrons. The Morgan fingerprint density at radius 3 is 2.23 bits per heavy atom. The molecule has 0 amide bonds. The van der Waals surface area contributed by atoms with Crippen LogP contribution in [0, 0.1) is 0 Å². The summed E-state index contributed by atoms with van der Waals surface area (Å²) in [6.45, 7) is 0. The number of halogens is 1. The van der Waals surface area contributed by atoms with Crippen LogP contribution in [-0.2, 0) is 0 Å². The Bertz CT molecular complexity index is 815. The van der Waals surface area contributed by atoms with E-state index in [2.05, 4.69) is 0 Å². The van der Waals surface area contributed by atoms with Crippen LogP contribution in [0.1, 0.15) is 0 Å². The number of methoxy groups -OCH3 is 1. The fourth-order valence-electron chi connectivity index (χ4n) is 2.14. The molecule has 2 aromatic carbocycles. The van der Waals surface area contributed by atoms with Crippen LogP contribution in [0.15, 0.2) is 46.9 Å². The van der Waals surface area contributed by atoms with Gasteiger partial charge in [-0.2, -0.15) is 0 Å². The van der Waals surface area contributed by atoms with Crippen LogP contribution in [0.3, 0.4) is 0 Å². The number of ether oxygens (including phenoxy) is 1. The predicted molar refractivity (Wildman–Crippen MR) is 77.6 cm³/mol. The van der Waals surface area contributed by atoms with Crippen LogP contribution < -0.4 is 17.1 Å². The lowest BCUT2D eigenvalue weighted by atomic mass is 10.1. The van der Waals surface area contributed by atoms with Gasteiger partial charge in [0, 0.05) is 12.1 Å². The molecule has 0 bridgehead atoms. The summed E-state index contributed by atoms with van der Waals surface area (Å²) < 4.78 is 10.7. The van der Waals surface area contributed by atoms with Crippen molar-refractivity contribution in [2.24, 2.45) is 0 Å². The Balaban J connectivity index is 0.00000176. The van der Waals surface area contributed by atoms with Gasteiger partial charge in [-0.05, 0) is 24.3 Å². The second kappa shape index (κ2) is 5.99. The average molecular weight is 321 g/mol. The molecule has 22 heavy (non-hydrogen) atoms. The SMILES string of the molecule is COc1ccc(-c2[o+]c3cc(O)cc(O)c3cc2O)cc1.[Cl-]. The summed E-state index contributed by atoms with van der Waals surface area (Å²) in [5, 5.41) is 29.7. The van der Waals surface area contributed by atoms with Crippen LogP contribution >= 0.6 is 0 Å². The van der Waals surface area contributed by atoms with Gasteiger partial charge in [0.15, 0.2) is 0 Å². The first-order valence-corrected chi connectivity index (χ1v) is 6.24. The molecule has 3 aromatic rings. The zero-order valence-corrected chi connectivity index (χ0v) is 12.3. The first kappa shape index (κ1) is 15.7. The third-order valence-corrected chi connectivity index (χ3v) is 3.18. The van der Waals surface area contributed by atoms with Crippen LogP contribution in [0.5, 0.6) is 23.0 Å². The summed E-state index contributed by atoms with van der Waals surface area (Å²) in [7, 11) is 1.57. The second-order valence-electron chi connectivity index (χ2n) is 4.57. The van der Waals surface area contributed by atoms with Crippen LogP contribution in [0.2, 0.25) is 0 Å². The molecule has 0 aliphatic carbocycles. The van der Waals surface area contributed by atoms with Crippen molar-refractivity contribution in [1.29, 1.82) is 0 Å². The Morgan fingerprint density at radius 2 is 1.59 bits per heavy atom. The van der Waals surface area contributed by atoms with Gasteiger partial charge in [-0.1, -0.05) is 0 Å². The van der Waals surface area contributed by atoms with Gasteiger partial charge in [-0.25, -0.2) is 4.42 Å². The van der Waals surface area contributed by atoms with Gasteiger partial charge in [0.1, 0.15) is 22.6 Å². The van der Waals surface area contributed by atoms with E-state index in [9.17, 15) is 15.3 Å². The summed E-state index contributed by atoms with van der Waals surface area (Å²) in [6, 6.07) is 10.9. The van der Waals surface area contributed by atoms with Crippen molar-refractivity contribution in [1.82, 2.24) is 0 Å². The summed E-state index contributed by atoms with van der Waals surface area (Å²) in [5.74, 6) is 0.554. The average Bonchev–Trinajstić information content (AvgIpc) is 2.48. The molecular weight excluding hydrogens is 308 g/mol. The maximum Gasteiger partial charge on any atom is 0.401 e. The molecule has 6 heteroatoms. The Morgan fingerprint density at radius 1 is 0.909 bits per heavy atom. The lowest BCUT2D eigenvalue weighted by Gasteiger charge is -2.01. The van der Waals surface area contributed by atoms with Crippen molar-refractivity contribution in [2.45, 2.75) is 0 Å². The zero-order chi connectivity index (χ0) is 15.0. The molecule has 1 heterocycles. The van der Waals surface area contributed by atoms with Crippen LogP contribution in [0.4, 0.5) is 0 Å². The summed E-state index contributed by atoms with van der Waals surface area (Å²) in [4.78, 5) is 0. The molecule has 3 rings (SSSR count). The summed E-state index contributed by atoms with van der Waals surface area (Å²) >= 11 is 0. The maximum absolute atomic E-state index is 10.1. The quantitative estimate of drug-likeness (QED) is 0.600. The van der Waals surface area contributed by atoms with Gasteiger partial charge in [-0.15, -0.1) is 0 Å². The van der Waals surface area contributed by atoms with Gasteiger partial charge < -0.3 is 32.5 Å². The molecule has 0 spiro atoms. The Labute approximate surface area is 132 Å². The lowest BCUT2D eigenvalue weighted by Crippen LogP contribution is -3.00. The van der Waals surface area contributed by atoms with Gasteiger partial charge in [0.2, 0.25) is 5.75 Å². The minimum atomic E-state index is -0.162. The fourth-order valence-corrected chi connectivity index (χ4v) is 2.14. The number of phenolic OH excluding ortho intramolecular Hbond substituents is 2. The van der Waals surface area contributed by atoms with Gasteiger partial charge in [0.05, 0.1) is 18.7 Å². The molecule has 0 aliphatic heterocycles. The van der Waals surface area contributed by atoms with Crippen LogP contribution in [-0.4, -0.2) is 22.4 Å². The van der Waals surface area contributed by atoms with Crippen molar-refractivity contribution in [2.75, 3.05) is 7.11 Å². The second-order valence-corrected chi connectivity index (χ2v) is 4.57. The smallest absolute Gasteiger partial charge is 0.401 e. The maximum atomic E-state index is 10.1. The normalized spacial score (nSPS) is 10.2. The topological polar surface area (TPSA) is 81.2 Å². The third kappa shape index (κ3) is 2.71. The molecule has 0 radical (unpaired) electrons. The van der Waals surface area contributed by atoms with E-state index < -0.39 is 0 Å². The minimum absolute atomic E-state index is 0. The molecule has 0 saturated carbocycles. The lowest BCUT2D eigenvalue weighted by molar-refractivity contribution is -0.00000800. The monoisotopic (exact) mass is 320 g/mol. The predicted octanol–water partition coefficient (Wildman–Crippen LogP) is 0.510. The highest BCUT2D eigenvalue weighted by molar-refractivity contribution is 5.88. The zero-order valence-electron chi connectivity index (χ0n) is 11.6. The number of fused-ring (bicyclic) bond motifs is 1. The van der Waals surface area contributed by atoms with E-state index in [1.54, 1.807) is 31.4 Å². The number of aromatic hydroxyl groups is 3. The molecular formula is C16H13ClO5. The minimum Gasteiger partial charge on any atom is -1.00 e. The van der Waals surface area contributed by atoms with E-state index in [1.165, 1.54) is 18.2 Å². The fraction of sp³-hybridized carbons (Fsp3) is 0.0625. The number of rotatable bonds is 2. The van der Waals surface area contributed by atoms with Gasteiger partial charge >= 0.3 is 11.3 Å². The summed E-state index contributed by atoms with van der Waals surface area (Å²) in [6.07, 6.45) is 0. The Kier molecular flexibility index (Phi) is 4.28. The number of phenols is 2. The molecule has 0 fully saturated rings. The molecule has 0 unspecified atom stereocenters. The highest BCUT2D eigenvalue weighted by Crippen LogP contribution is 2.38.